The minimum Gasteiger partial charge on any atom is -0.351 e. The Hall–Kier alpha value is -1.57. The van der Waals surface area contributed by atoms with Gasteiger partial charge in [0.15, 0.2) is 5.25 Å². The fourth-order valence-corrected chi connectivity index (χ4v) is 4.24. The molecule has 1 atom stereocenters. The van der Waals surface area contributed by atoms with Gasteiger partial charge >= 0.3 is 5.97 Å². The van der Waals surface area contributed by atoms with Gasteiger partial charge < -0.3 is 10.2 Å². The maximum Gasteiger partial charge on any atom is 0.334 e. The van der Waals surface area contributed by atoms with E-state index in [0.717, 1.165) is 0 Å². The van der Waals surface area contributed by atoms with Crippen molar-refractivity contribution in [2.24, 2.45) is 0 Å². The van der Waals surface area contributed by atoms with E-state index in [1.54, 1.807) is 6.92 Å². The Morgan fingerprint density at radius 1 is 1.35 bits per heavy atom. The van der Waals surface area contributed by atoms with Gasteiger partial charge in [0.05, 0.1) is 12.8 Å². The van der Waals surface area contributed by atoms with Gasteiger partial charge in [-0.2, -0.15) is 8.42 Å². The summed E-state index contributed by atoms with van der Waals surface area (Å²) in [6.07, 6.45) is -0.894. The summed E-state index contributed by atoms with van der Waals surface area (Å²) in [5.41, 5.74) is 0.410. The van der Waals surface area contributed by atoms with Gasteiger partial charge in [0, 0.05) is 23.6 Å². The summed E-state index contributed by atoms with van der Waals surface area (Å²) >= 11 is 0. The number of hydrogen-bond acceptors (Lipinski definition) is 9. The van der Waals surface area contributed by atoms with E-state index >= 15 is 0 Å². The molecule has 1 heterocycles. The van der Waals surface area contributed by atoms with Crippen LogP contribution in [0.25, 0.3) is 0 Å². The van der Waals surface area contributed by atoms with Crippen LogP contribution in [0.4, 0.5) is 0 Å². The monoisotopic (exact) mass is 426 g/mol. The molecule has 0 spiro atoms. The highest BCUT2D eigenvalue weighted by molar-refractivity contribution is 8.76. The number of imide groups is 1. The summed E-state index contributed by atoms with van der Waals surface area (Å²) in [6, 6.07) is 0. The van der Waals surface area contributed by atoms with Crippen molar-refractivity contribution < 1.29 is 37.0 Å². The van der Waals surface area contributed by atoms with Crippen LogP contribution in [0.15, 0.2) is 12.2 Å². The van der Waals surface area contributed by atoms with Crippen molar-refractivity contribution in [1.29, 1.82) is 0 Å². The topological polar surface area (TPSA) is 147 Å². The quantitative estimate of drug-likeness (QED) is 0.160. The third-order valence-corrected chi connectivity index (χ3v) is 6.44. The molecule has 0 aromatic rings. The maximum absolute atomic E-state index is 11.7. The molecule has 1 rings (SSSR count). The predicted octanol–water partition coefficient (Wildman–Crippen LogP) is -0.0763. The lowest BCUT2D eigenvalue weighted by atomic mass is 10.3. The molecule has 0 radical (unpaired) electrons. The minimum absolute atomic E-state index is 0.0751. The molecular formula is C13H18N2O8S3. The Labute approximate surface area is 158 Å². The van der Waals surface area contributed by atoms with Gasteiger partial charge in [-0.05, 0) is 6.92 Å². The third kappa shape index (κ3) is 6.97. The van der Waals surface area contributed by atoms with E-state index in [4.69, 9.17) is 4.55 Å². The van der Waals surface area contributed by atoms with Crippen LogP contribution in [0.5, 0.6) is 0 Å². The summed E-state index contributed by atoms with van der Waals surface area (Å²) < 4.78 is 30.8. The number of amides is 3. The summed E-state index contributed by atoms with van der Waals surface area (Å²) in [6.45, 7) is 5.53. The molecular weight excluding hydrogens is 408 g/mol. The molecule has 2 N–H and O–H groups in total. The highest BCUT2D eigenvalue weighted by atomic mass is 33.1. The van der Waals surface area contributed by atoms with Gasteiger partial charge in [-0.25, -0.2) is 4.79 Å². The van der Waals surface area contributed by atoms with E-state index in [2.05, 4.69) is 16.7 Å². The fraction of sp³-hybridized carbons (Fsp3) is 0.538. The lowest BCUT2D eigenvalue weighted by Gasteiger charge is -2.13. The minimum atomic E-state index is -4.74. The number of hydroxylamine groups is 2. The standard InChI is InChI=1S/C13H18N2O8S3/c1-8(2)12(18)14-4-6-25-24-5-3-11(17)23-15-10(16)7-9(13(15)19)26(20,21)22/h9H,1,3-7H2,2H3,(H,14,18)(H,20,21,22). The third-order valence-electron chi connectivity index (χ3n) is 2.95. The van der Waals surface area contributed by atoms with Crippen LogP contribution in [0.3, 0.4) is 0 Å². The highest BCUT2D eigenvalue weighted by Crippen LogP contribution is 2.23. The Bertz CT molecular complexity index is 706. The molecule has 1 unspecified atom stereocenters. The van der Waals surface area contributed by atoms with Crippen molar-refractivity contribution in [3.63, 3.8) is 0 Å². The van der Waals surface area contributed by atoms with Gasteiger partial charge in [0.25, 0.3) is 21.9 Å². The maximum atomic E-state index is 11.7. The van der Waals surface area contributed by atoms with Crippen molar-refractivity contribution in [3.05, 3.63) is 12.2 Å². The lowest BCUT2D eigenvalue weighted by Crippen LogP contribution is -2.36. The van der Waals surface area contributed by atoms with Crippen LogP contribution in [-0.2, 0) is 34.1 Å². The van der Waals surface area contributed by atoms with Crippen LogP contribution < -0.4 is 5.32 Å². The zero-order chi connectivity index (χ0) is 19.9. The molecule has 1 fully saturated rings. The second kappa shape index (κ2) is 9.94. The fourth-order valence-electron chi connectivity index (χ4n) is 1.66. The van der Waals surface area contributed by atoms with Crippen molar-refractivity contribution in [1.82, 2.24) is 10.4 Å². The molecule has 0 aromatic heterocycles. The summed E-state index contributed by atoms with van der Waals surface area (Å²) in [7, 11) is -2.02. The van der Waals surface area contributed by atoms with Crippen LogP contribution in [0.1, 0.15) is 19.8 Å². The highest BCUT2D eigenvalue weighted by Gasteiger charge is 2.48. The van der Waals surface area contributed by atoms with Gasteiger partial charge in [0.1, 0.15) is 0 Å². The first-order chi connectivity index (χ1) is 12.0. The predicted molar refractivity (Wildman–Crippen MR) is 95.3 cm³/mol. The first kappa shape index (κ1) is 22.5. The molecule has 1 aliphatic rings. The lowest BCUT2D eigenvalue weighted by molar-refractivity contribution is -0.197. The molecule has 3 amide bonds. The number of nitrogens with zero attached hydrogens (tertiary/aromatic N) is 1. The SMILES string of the molecule is C=C(C)C(=O)NCCSSCCC(=O)ON1C(=O)CC(S(=O)(=O)O)C1=O. The van der Waals surface area contributed by atoms with E-state index in [-0.39, 0.29) is 17.4 Å². The zero-order valence-corrected chi connectivity index (χ0v) is 16.2. The van der Waals surface area contributed by atoms with Crippen molar-refractivity contribution in [2.75, 3.05) is 18.1 Å². The van der Waals surface area contributed by atoms with Gasteiger partial charge in [-0.1, -0.05) is 28.2 Å². The van der Waals surface area contributed by atoms with E-state index in [1.807, 2.05) is 0 Å². The van der Waals surface area contributed by atoms with E-state index < -0.39 is 39.6 Å². The average Bonchev–Trinajstić information content (AvgIpc) is 2.81. The Kier molecular flexibility index (Phi) is 8.59. The molecule has 13 heteroatoms. The first-order valence-electron chi connectivity index (χ1n) is 7.26. The van der Waals surface area contributed by atoms with Gasteiger partial charge in [0.2, 0.25) is 5.91 Å². The largest absolute Gasteiger partial charge is 0.351 e. The van der Waals surface area contributed by atoms with Crippen LogP contribution in [0.2, 0.25) is 0 Å². The number of rotatable bonds is 10. The molecule has 26 heavy (non-hydrogen) atoms. The Morgan fingerprint density at radius 3 is 2.50 bits per heavy atom. The van der Waals surface area contributed by atoms with Gasteiger partial charge in [-0.15, -0.1) is 5.06 Å². The van der Waals surface area contributed by atoms with Crippen LogP contribution in [-0.4, -0.2) is 65.0 Å². The number of nitrogens with one attached hydrogen (secondary N) is 1. The Balaban J connectivity index is 2.25. The normalized spacial score (nSPS) is 17.3. The molecule has 1 saturated heterocycles. The van der Waals surface area contributed by atoms with Crippen LogP contribution >= 0.6 is 21.6 Å². The van der Waals surface area contributed by atoms with E-state index in [1.165, 1.54) is 21.6 Å². The van der Waals surface area contributed by atoms with Crippen molar-refractivity contribution in [2.45, 2.75) is 25.0 Å². The van der Waals surface area contributed by atoms with E-state index in [0.29, 0.717) is 23.6 Å². The number of carbonyl (C=O) groups is 4. The summed E-state index contributed by atoms with van der Waals surface area (Å²) in [5.74, 6) is -2.51. The smallest absolute Gasteiger partial charge is 0.334 e. The van der Waals surface area contributed by atoms with E-state index in [9.17, 15) is 27.6 Å². The van der Waals surface area contributed by atoms with Crippen molar-refractivity contribution in [3.8, 4) is 0 Å². The molecule has 10 nitrogen and oxygen atoms in total. The van der Waals surface area contributed by atoms with Crippen molar-refractivity contribution >= 4 is 55.4 Å². The average molecular weight is 426 g/mol. The molecule has 0 bridgehead atoms. The summed E-state index contributed by atoms with van der Waals surface area (Å²) in [5, 5.41) is 0.773. The first-order valence-corrected chi connectivity index (χ1v) is 11.2. The van der Waals surface area contributed by atoms with Gasteiger partial charge in [-0.3, -0.25) is 18.9 Å². The molecule has 146 valence electrons. The van der Waals surface area contributed by atoms with Crippen LogP contribution in [0, 0.1) is 0 Å². The molecule has 1 aliphatic heterocycles. The second-order valence-corrected chi connectivity index (χ2v) is 9.43. The summed E-state index contributed by atoms with van der Waals surface area (Å²) in [4.78, 5) is 50.6. The molecule has 0 aliphatic carbocycles. The molecule has 0 saturated carbocycles. The zero-order valence-electron chi connectivity index (χ0n) is 13.8. The molecule has 0 aromatic carbocycles. The Morgan fingerprint density at radius 2 is 1.96 bits per heavy atom. The second-order valence-electron chi connectivity index (χ2n) is 5.13. The number of hydrogen-bond donors (Lipinski definition) is 2. The number of carbonyl (C=O) groups excluding carboxylic acids is 4.